The van der Waals surface area contributed by atoms with Gasteiger partial charge in [-0.05, 0) is 60.0 Å². The monoisotopic (exact) mass is 419 g/mol. The van der Waals surface area contributed by atoms with Crippen LogP contribution in [0.4, 0.5) is 4.39 Å². The SMILES string of the molecule is C[C@H](NC(=O)C(=O)N/N=C\c1ccc(OCc2ccc(F)cc2)cc1)c1ccccc1. The van der Waals surface area contributed by atoms with Crippen molar-refractivity contribution in [1.29, 1.82) is 0 Å². The molecule has 0 aromatic heterocycles. The van der Waals surface area contributed by atoms with Crippen LogP contribution in [0.1, 0.15) is 29.7 Å². The molecule has 31 heavy (non-hydrogen) atoms. The van der Waals surface area contributed by atoms with Gasteiger partial charge in [0.05, 0.1) is 12.3 Å². The third-order valence-corrected chi connectivity index (χ3v) is 4.43. The number of nitrogens with one attached hydrogen (secondary N) is 2. The molecule has 0 aliphatic carbocycles. The number of carbonyl (C=O) groups excluding carboxylic acids is 2. The molecule has 0 aliphatic heterocycles. The van der Waals surface area contributed by atoms with Gasteiger partial charge >= 0.3 is 11.8 Å². The maximum atomic E-state index is 12.9. The number of hydrogen-bond acceptors (Lipinski definition) is 4. The van der Waals surface area contributed by atoms with E-state index in [2.05, 4.69) is 15.8 Å². The Morgan fingerprint density at radius 3 is 2.32 bits per heavy atom. The second-order valence-electron chi connectivity index (χ2n) is 6.79. The molecule has 0 fully saturated rings. The summed E-state index contributed by atoms with van der Waals surface area (Å²) in [5.41, 5.74) is 4.68. The maximum Gasteiger partial charge on any atom is 0.329 e. The van der Waals surface area contributed by atoms with E-state index in [0.717, 1.165) is 11.1 Å². The normalized spacial score (nSPS) is 11.7. The summed E-state index contributed by atoms with van der Waals surface area (Å²) in [7, 11) is 0. The first kappa shape index (κ1) is 21.7. The van der Waals surface area contributed by atoms with Gasteiger partial charge in [0.25, 0.3) is 0 Å². The van der Waals surface area contributed by atoms with Crippen LogP contribution in [-0.2, 0) is 16.2 Å². The summed E-state index contributed by atoms with van der Waals surface area (Å²) in [4.78, 5) is 23.9. The van der Waals surface area contributed by atoms with E-state index in [-0.39, 0.29) is 11.9 Å². The molecule has 0 aliphatic rings. The molecule has 0 saturated carbocycles. The zero-order chi connectivity index (χ0) is 22.1. The van der Waals surface area contributed by atoms with Crippen LogP contribution in [0, 0.1) is 5.82 Å². The van der Waals surface area contributed by atoms with Crippen molar-refractivity contribution in [3.8, 4) is 5.75 Å². The molecular formula is C24H22FN3O3. The summed E-state index contributed by atoms with van der Waals surface area (Å²) in [6.07, 6.45) is 1.43. The van der Waals surface area contributed by atoms with Crippen LogP contribution in [0.5, 0.6) is 5.75 Å². The van der Waals surface area contributed by atoms with Gasteiger partial charge in [-0.1, -0.05) is 42.5 Å². The van der Waals surface area contributed by atoms with Gasteiger partial charge in [-0.3, -0.25) is 9.59 Å². The van der Waals surface area contributed by atoms with E-state index in [1.807, 2.05) is 30.3 Å². The van der Waals surface area contributed by atoms with Crippen LogP contribution in [0.25, 0.3) is 0 Å². The van der Waals surface area contributed by atoms with Gasteiger partial charge in [0.2, 0.25) is 0 Å². The number of hydrogen-bond donors (Lipinski definition) is 2. The lowest BCUT2D eigenvalue weighted by molar-refractivity contribution is -0.139. The Kier molecular flexibility index (Phi) is 7.48. The highest BCUT2D eigenvalue weighted by atomic mass is 19.1. The van der Waals surface area contributed by atoms with Gasteiger partial charge in [-0.25, -0.2) is 9.82 Å². The second-order valence-corrected chi connectivity index (χ2v) is 6.79. The lowest BCUT2D eigenvalue weighted by Gasteiger charge is -2.13. The van der Waals surface area contributed by atoms with E-state index in [9.17, 15) is 14.0 Å². The molecule has 0 heterocycles. The number of carbonyl (C=O) groups is 2. The Morgan fingerprint density at radius 1 is 0.968 bits per heavy atom. The molecule has 3 aromatic carbocycles. The predicted molar refractivity (Wildman–Crippen MR) is 116 cm³/mol. The molecular weight excluding hydrogens is 397 g/mol. The molecule has 1 atom stereocenters. The van der Waals surface area contributed by atoms with Gasteiger partial charge < -0.3 is 10.1 Å². The molecule has 0 radical (unpaired) electrons. The van der Waals surface area contributed by atoms with Gasteiger partial charge in [0.15, 0.2) is 0 Å². The molecule has 7 heteroatoms. The maximum absolute atomic E-state index is 12.9. The van der Waals surface area contributed by atoms with Gasteiger partial charge in [-0.15, -0.1) is 0 Å². The summed E-state index contributed by atoms with van der Waals surface area (Å²) in [5, 5.41) is 6.43. The molecule has 0 spiro atoms. The van der Waals surface area contributed by atoms with Crippen molar-refractivity contribution in [2.75, 3.05) is 0 Å². The Labute approximate surface area is 179 Å². The van der Waals surface area contributed by atoms with Crippen LogP contribution in [0.2, 0.25) is 0 Å². The summed E-state index contributed by atoms with van der Waals surface area (Å²) < 4.78 is 18.6. The minimum atomic E-state index is -0.849. The summed E-state index contributed by atoms with van der Waals surface area (Å²) in [6, 6.07) is 22.2. The van der Waals surface area contributed by atoms with Crippen LogP contribution < -0.4 is 15.5 Å². The number of nitrogens with zero attached hydrogens (tertiary/aromatic N) is 1. The van der Waals surface area contributed by atoms with E-state index in [4.69, 9.17) is 4.74 Å². The van der Waals surface area contributed by atoms with Crippen LogP contribution >= 0.6 is 0 Å². The topological polar surface area (TPSA) is 79.8 Å². The number of rotatable bonds is 7. The van der Waals surface area contributed by atoms with E-state index in [1.54, 1.807) is 43.3 Å². The molecule has 0 unspecified atom stereocenters. The zero-order valence-corrected chi connectivity index (χ0v) is 16.9. The fraction of sp³-hybridized carbons (Fsp3) is 0.125. The van der Waals surface area contributed by atoms with Crippen molar-refractivity contribution in [3.05, 3.63) is 101 Å². The zero-order valence-electron chi connectivity index (χ0n) is 16.9. The Balaban J connectivity index is 1.45. The average Bonchev–Trinajstić information content (AvgIpc) is 2.80. The molecule has 2 amide bonds. The van der Waals surface area contributed by atoms with E-state index in [1.165, 1.54) is 18.3 Å². The molecule has 6 nitrogen and oxygen atoms in total. The van der Waals surface area contributed by atoms with Gasteiger partial charge in [0.1, 0.15) is 18.2 Å². The number of benzene rings is 3. The summed E-state index contributed by atoms with van der Waals surface area (Å²) in [6.45, 7) is 2.11. The quantitative estimate of drug-likeness (QED) is 0.348. The number of amides is 2. The van der Waals surface area contributed by atoms with Crippen LogP contribution in [-0.4, -0.2) is 18.0 Å². The lowest BCUT2D eigenvalue weighted by Crippen LogP contribution is -2.39. The Hall–Kier alpha value is -4.00. The predicted octanol–water partition coefficient (Wildman–Crippen LogP) is 3.73. The minimum absolute atomic E-state index is 0.289. The van der Waals surface area contributed by atoms with Crippen molar-refractivity contribution in [2.24, 2.45) is 5.10 Å². The van der Waals surface area contributed by atoms with Crippen molar-refractivity contribution in [2.45, 2.75) is 19.6 Å². The smallest absolute Gasteiger partial charge is 0.329 e. The first-order chi connectivity index (χ1) is 15.0. The van der Waals surface area contributed by atoms with Crippen molar-refractivity contribution < 1.29 is 18.7 Å². The highest BCUT2D eigenvalue weighted by molar-refractivity contribution is 6.35. The highest BCUT2D eigenvalue weighted by Crippen LogP contribution is 2.14. The lowest BCUT2D eigenvalue weighted by atomic mass is 10.1. The number of halogens is 1. The first-order valence-corrected chi connectivity index (χ1v) is 9.67. The standard InChI is InChI=1S/C24H22FN3O3/c1-17(20-5-3-2-4-6-20)27-23(29)24(30)28-26-15-18-9-13-22(14-10-18)31-16-19-7-11-21(25)12-8-19/h2-15,17H,16H2,1H3,(H,27,29)(H,28,30)/b26-15-/t17-/m0/s1. The van der Waals surface area contributed by atoms with E-state index < -0.39 is 11.8 Å². The second kappa shape index (κ2) is 10.7. The first-order valence-electron chi connectivity index (χ1n) is 9.67. The van der Waals surface area contributed by atoms with E-state index in [0.29, 0.717) is 17.9 Å². The fourth-order valence-electron chi connectivity index (χ4n) is 2.70. The van der Waals surface area contributed by atoms with Crippen molar-refractivity contribution in [3.63, 3.8) is 0 Å². The fourth-order valence-corrected chi connectivity index (χ4v) is 2.70. The van der Waals surface area contributed by atoms with Crippen LogP contribution in [0.15, 0.2) is 84.0 Å². The third-order valence-electron chi connectivity index (χ3n) is 4.43. The Bertz CT molecular complexity index is 1040. The molecule has 0 saturated heterocycles. The number of ether oxygens (including phenoxy) is 1. The van der Waals surface area contributed by atoms with Crippen molar-refractivity contribution >= 4 is 18.0 Å². The molecule has 2 N–H and O–H groups in total. The molecule has 3 rings (SSSR count). The average molecular weight is 419 g/mol. The van der Waals surface area contributed by atoms with Crippen LogP contribution in [0.3, 0.4) is 0 Å². The summed E-state index contributed by atoms with van der Waals surface area (Å²) >= 11 is 0. The van der Waals surface area contributed by atoms with Crippen molar-refractivity contribution in [1.82, 2.24) is 10.7 Å². The van der Waals surface area contributed by atoms with Gasteiger partial charge in [-0.2, -0.15) is 5.10 Å². The molecule has 3 aromatic rings. The Morgan fingerprint density at radius 2 is 1.65 bits per heavy atom. The summed E-state index contributed by atoms with van der Waals surface area (Å²) in [5.74, 6) is -1.27. The largest absolute Gasteiger partial charge is 0.489 e. The van der Waals surface area contributed by atoms with Gasteiger partial charge in [0, 0.05) is 0 Å². The minimum Gasteiger partial charge on any atom is -0.489 e. The molecule has 158 valence electrons. The highest BCUT2D eigenvalue weighted by Gasteiger charge is 2.16. The number of hydrazone groups is 1. The third kappa shape index (κ3) is 6.78. The molecule has 0 bridgehead atoms. The van der Waals surface area contributed by atoms with E-state index >= 15 is 0 Å².